The number of aromatic nitrogens is 2. The van der Waals surface area contributed by atoms with Crippen LogP contribution < -0.4 is 26.6 Å². The van der Waals surface area contributed by atoms with Crippen LogP contribution in [0, 0.1) is 13.8 Å². The number of methoxy groups -OCH3 is 1. The highest BCUT2D eigenvalue weighted by Gasteiger charge is 2.24. The van der Waals surface area contributed by atoms with E-state index in [2.05, 4.69) is 4.98 Å². The number of nitrogens with two attached hydrogens (primary N) is 1. The maximum Gasteiger partial charge on any atom is 0.330 e. The zero-order valence-electron chi connectivity index (χ0n) is 20.7. The minimum Gasteiger partial charge on any atom is -0.496 e. The Labute approximate surface area is 195 Å². The monoisotopic (exact) mass is 459 g/mol. The van der Waals surface area contributed by atoms with Crippen molar-refractivity contribution >= 4 is 17.4 Å². The number of H-pyrrole nitrogens is 1. The van der Waals surface area contributed by atoms with E-state index in [-0.39, 0.29) is 24.0 Å². The highest BCUT2D eigenvalue weighted by molar-refractivity contribution is 5.96. The highest BCUT2D eigenvalue weighted by atomic mass is 16.5. The van der Waals surface area contributed by atoms with Crippen molar-refractivity contribution in [1.82, 2.24) is 14.5 Å². The molecule has 1 aromatic heterocycles. The van der Waals surface area contributed by atoms with Crippen LogP contribution in [0.1, 0.15) is 49.8 Å². The van der Waals surface area contributed by atoms with Gasteiger partial charge < -0.3 is 15.4 Å². The van der Waals surface area contributed by atoms with E-state index in [9.17, 15) is 14.4 Å². The van der Waals surface area contributed by atoms with Crippen LogP contribution in [0.5, 0.6) is 5.75 Å². The van der Waals surface area contributed by atoms with Gasteiger partial charge in [-0.15, -0.1) is 0 Å². The maximum atomic E-state index is 13.3. The molecular weight excluding hydrogens is 422 g/mol. The van der Waals surface area contributed by atoms with Gasteiger partial charge in [0.25, 0.3) is 5.56 Å². The van der Waals surface area contributed by atoms with Crippen molar-refractivity contribution in [2.24, 2.45) is 0 Å². The summed E-state index contributed by atoms with van der Waals surface area (Å²) in [4.78, 5) is 43.8. The van der Waals surface area contributed by atoms with Gasteiger partial charge in [-0.1, -0.05) is 32.4 Å². The second-order valence-corrected chi connectivity index (χ2v) is 8.48. The lowest BCUT2D eigenvalue weighted by Crippen LogP contribution is -2.45. The lowest BCUT2D eigenvalue weighted by molar-refractivity contribution is -0.119. The number of carbonyl (C=O) groups excluding carboxylic acids is 1. The number of anilines is 2. The van der Waals surface area contributed by atoms with Crippen molar-refractivity contribution in [3.05, 3.63) is 49.7 Å². The van der Waals surface area contributed by atoms with Crippen molar-refractivity contribution in [3.63, 3.8) is 0 Å². The van der Waals surface area contributed by atoms with Gasteiger partial charge in [-0.05, 0) is 50.4 Å². The Morgan fingerprint density at radius 3 is 2.33 bits per heavy atom. The minimum atomic E-state index is -0.640. The number of nitrogen functional groups attached to an aromatic ring is 1. The zero-order chi connectivity index (χ0) is 24.7. The summed E-state index contributed by atoms with van der Waals surface area (Å²) >= 11 is 0. The van der Waals surface area contributed by atoms with Gasteiger partial charge in [-0.25, -0.2) is 4.79 Å². The number of nitrogens with zero attached hydrogens (tertiary/aromatic N) is 3. The summed E-state index contributed by atoms with van der Waals surface area (Å²) in [7, 11) is 3.51. The molecule has 0 spiro atoms. The van der Waals surface area contributed by atoms with Gasteiger partial charge in [0.2, 0.25) is 5.91 Å². The number of rotatable bonds is 11. The Bertz CT molecular complexity index is 1070. The van der Waals surface area contributed by atoms with Gasteiger partial charge in [0, 0.05) is 19.6 Å². The summed E-state index contributed by atoms with van der Waals surface area (Å²) in [5.74, 6) is 0.644. The molecule has 0 radical (unpaired) electrons. The van der Waals surface area contributed by atoms with Crippen LogP contribution in [0.15, 0.2) is 21.7 Å². The third kappa shape index (κ3) is 6.25. The fourth-order valence-electron chi connectivity index (χ4n) is 4.10. The van der Waals surface area contributed by atoms with E-state index in [1.165, 1.54) is 9.47 Å². The quantitative estimate of drug-likeness (QED) is 0.533. The van der Waals surface area contributed by atoms with Gasteiger partial charge in [-0.2, -0.15) is 0 Å². The van der Waals surface area contributed by atoms with Crippen LogP contribution in [0.4, 0.5) is 11.5 Å². The number of benzene rings is 1. The van der Waals surface area contributed by atoms with Crippen LogP contribution in [-0.2, 0) is 17.9 Å². The number of hydrogen-bond acceptors (Lipinski definition) is 6. The molecule has 0 bridgehead atoms. The molecule has 9 heteroatoms. The molecule has 0 unspecified atom stereocenters. The second kappa shape index (κ2) is 11.7. The third-order valence-electron chi connectivity index (χ3n) is 5.55. The molecule has 2 aromatic rings. The molecule has 0 aliphatic carbocycles. The van der Waals surface area contributed by atoms with Crippen LogP contribution in [0.3, 0.4) is 0 Å². The van der Waals surface area contributed by atoms with E-state index in [0.29, 0.717) is 32.5 Å². The highest BCUT2D eigenvalue weighted by Crippen LogP contribution is 2.25. The first-order valence-corrected chi connectivity index (χ1v) is 11.4. The van der Waals surface area contributed by atoms with Crippen molar-refractivity contribution in [2.75, 3.05) is 37.9 Å². The Balaban J connectivity index is 2.31. The molecule has 182 valence electrons. The number of unbranched alkanes of at least 4 members (excludes halogenated alkanes) is 1. The number of aryl methyl sites for hydroxylation is 2. The van der Waals surface area contributed by atoms with Crippen molar-refractivity contribution in [2.45, 2.75) is 60.0 Å². The van der Waals surface area contributed by atoms with Crippen molar-refractivity contribution < 1.29 is 9.53 Å². The van der Waals surface area contributed by atoms with Crippen molar-refractivity contribution in [3.8, 4) is 5.75 Å². The maximum absolute atomic E-state index is 13.3. The van der Waals surface area contributed by atoms with Gasteiger partial charge in [-0.3, -0.25) is 24.0 Å². The molecule has 0 atom stereocenters. The van der Waals surface area contributed by atoms with Crippen LogP contribution in [-0.4, -0.2) is 47.6 Å². The standard InChI is InChI=1S/C24H37N5O4/c1-7-9-11-28(20-22(25)29(10-8-2)24(32)26-23(20)31)19(30)15-27(5)14-18-12-16(3)21(33-6)17(4)13-18/h12-13H,7-11,14-15,25H2,1-6H3,(H,26,31,32). The Morgan fingerprint density at radius 2 is 1.79 bits per heavy atom. The smallest absolute Gasteiger partial charge is 0.330 e. The summed E-state index contributed by atoms with van der Waals surface area (Å²) < 4.78 is 6.75. The summed E-state index contributed by atoms with van der Waals surface area (Å²) in [6.45, 7) is 9.27. The molecule has 0 saturated heterocycles. The normalized spacial score (nSPS) is 11.1. The fourth-order valence-corrected chi connectivity index (χ4v) is 4.10. The molecule has 9 nitrogen and oxygen atoms in total. The summed E-state index contributed by atoms with van der Waals surface area (Å²) in [6.07, 6.45) is 2.22. The molecule has 33 heavy (non-hydrogen) atoms. The number of aromatic amines is 1. The number of nitrogens with one attached hydrogen (secondary N) is 1. The largest absolute Gasteiger partial charge is 0.496 e. The van der Waals surface area contributed by atoms with Crippen LogP contribution >= 0.6 is 0 Å². The third-order valence-corrected chi connectivity index (χ3v) is 5.55. The number of ether oxygens (including phenoxy) is 1. The Kier molecular flexibility index (Phi) is 9.28. The molecular formula is C24H37N5O4. The lowest BCUT2D eigenvalue weighted by atomic mass is 10.1. The van der Waals surface area contributed by atoms with E-state index in [1.54, 1.807) is 7.11 Å². The second-order valence-electron chi connectivity index (χ2n) is 8.48. The predicted octanol–water partition coefficient (Wildman–Crippen LogP) is 2.42. The zero-order valence-corrected chi connectivity index (χ0v) is 20.7. The fraction of sp³-hybridized carbons (Fsp3) is 0.542. The number of hydrogen-bond donors (Lipinski definition) is 2. The SMILES string of the molecule is CCCCN(C(=O)CN(C)Cc1cc(C)c(OC)c(C)c1)c1c(N)n(CCC)c(=O)[nH]c1=O. The molecule has 1 aromatic carbocycles. The Morgan fingerprint density at radius 1 is 1.15 bits per heavy atom. The predicted molar refractivity (Wildman–Crippen MR) is 132 cm³/mol. The summed E-state index contributed by atoms with van der Waals surface area (Å²) in [5.41, 5.74) is 8.20. The average Bonchev–Trinajstić information content (AvgIpc) is 2.72. The molecule has 0 saturated carbocycles. The first kappa shape index (κ1) is 26.2. The van der Waals surface area contributed by atoms with E-state index in [1.807, 2.05) is 51.8 Å². The molecule has 3 N–H and O–H groups in total. The van der Waals surface area contributed by atoms with Crippen molar-refractivity contribution in [1.29, 1.82) is 0 Å². The van der Waals surface area contributed by atoms with Gasteiger partial charge >= 0.3 is 5.69 Å². The van der Waals surface area contributed by atoms with E-state index < -0.39 is 11.2 Å². The van der Waals surface area contributed by atoms with E-state index in [4.69, 9.17) is 10.5 Å². The summed E-state index contributed by atoms with van der Waals surface area (Å²) in [5, 5.41) is 0. The first-order valence-electron chi connectivity index (χ1n) is 11.4. The molecule has 1 amide bonds. The molecule has 1 heterocycles. The lowest BCUT2D eigenvalue weighted by Gasteiger charge is -2.27. The minimum absolute atomic E-state index is 0.0270. The average molecular weight is 460 g/mol. The van der Waals surface area contributed by atoms with Gasteiger partial charge in [0.15, 0.2) is 5.69 Å². The topological polar surface area (TPSA) is 114 Å². The number of likely N-dealkylation sites (N-methyl/N-ethyl adjacent to an activating group) is 1. The van der Waals surface area contributed by atoms with E-state index >= 15 is 0 Å². The van der Waals surface area contributed by atoms with Crippen LogP contribution in [0.2, 0.25) is 0 Å². The van der Waals surface area contributed by atoms with Gasteiger partial charge in [0.1, 0.15) is 11.6 Å². The van der Waals surface area contributed by atoms with Crippen LogP contribution in [0.25, 0.3) is 0 Å². The molecule has 0 fully saturated rings. The summed E-state index contributed by atoms with van der Waals surface area (Å²) in [6, 6.07) is 4.09. The molecule has 0 aliphatic heterocycles. The molecule has 0 aliphatic rings. The first-order chi connectivity index (χ1) is 15.6. The number of amides is 1. The Hall–Kier alpha value is -3.07. The van der Waals surface area contributed by atoms with E-state index in [0.717, 1.165) is 28.9 Å². The van der Waals surface area contributed by atoms with Gasteiger partial charge in [0.05, 0.1) is 13.7 Å². The molecule has 2 rings (SSSR count). The number of carbonyl (C=O) groups is 1.